The molecule has 22 heavy (non-hydrogen) atoms. The molecule has 10 nitrogen and oxygen atoms in total. The van der Waals surface area contributed by atoms with Gasteiger partial charge in [0.2, 0.25) is 0 Å². The van der Waals surface area contributed by atoms with Crippen LogP contribution in [0.1, 0.15) is 5.56 Å². The summed E-state index contributed by atoms with van der Waals surface area (Å²) in [6.07, 6.45) is -3.02. The SMILES string of the molecule is Nc1nnc2ncnc3c2c1C(C1O[C@H](CO)[C@@H](O)[C@H]1O)=N3. The molecule has 4 rings (SSSR count). The van der Waals surface area contributed by atoms with Crippen LogP contribution in [-0.2, 0) is 4.74 Å². The molecule has 114 valence electrons. The third-order valence-corrected chi connectivity index (χ3v) is 3.86. The maximum Gasteiger partial charge on any atom is 0.187 e. The van der Waals surface area contributed by atoms with Gasteiger partial charge in [0.1, 0.15) is 30.7 Å². The Bertz CT molecular complexity index is 797. The summed E-state index contributed by atoms with van der Waals surface area (Å²) >= 11 is 0. The number of hydrogen-bond donors (Lipinski definition) is 4. The lowest BCUT2D eigenvalue weighted by Crippen LogP contribution is -2.37. The van der Waals surface area contributed by atoms with Crippen LogP contribution >= 0.6 is 0 Å². The molecule has 1 fully saturated rings. The van der Waals surface area contributed by atoms with Gasteiger partial charge in [-0.15, -0.1) is 10.2 Å². The second-order valence-corrected chi connectivity index (χ2v) is 5.11. The lowest BCUT2D eigenvalue weighted by molar-refractivity contribution is -0.00992. The quantitative estimate of drug-likeness (QED) is 0.488. The number of nitrogens with zero attached hydrogens (tertiary/aromatic N) is 5. The number of aliphatic imine (C=N–C) groups is 1. The van der Waals surface area contributed by atoms with Gasteiger partial charge in [-0.05, 0) is 0 Å². The number of rotatable bonds is 2. The fraction of sp³-hybridized carbons (Fsp3) is 0.417. The van der Waals surface area contributed by atoms with E-state index < -0.39 is 31.0 Å². The van der Waals surface area contributed by atoms with Gasteiger partial charge in [0, 0.05) is 0 Å². The van der Waals surface area contributed by atoms with Crippen LogP contribution in [0.25, 0.3) is 11.0 Å². The highest BCUT2D eigenvalue weighted by molar-refractivity contribution is 6.22. The van der Waals surface area contributed by atoms with Crippen molar-refractivity contribution >= 4 is 28.4 Å². The highest BCUT2D eigenvalue weighted by Crippen LogP contribution is 2.37. The Hall–Kier alpha value is -2.27. The van der Waals surface area contributed by atoms with E-state index in [0.29, 0.717) is 28.1 Å². The predicted octanol–water partition coefficient (Wildman–Crippen LogP) is -2.08. The Labute approximate surface area is 123 Å². The molecule has 0 saturated carbocycles. The van der Waals surface area contributed by atoms with Gasteiger partial charge >= 0.3 is 0 Å². The van der Waals surface area contributed by atoms with Gasteiger partial charge in [0.05, 0.1) is 23.3 Å². The van der Waals surface area contributed by atoms with Gasteiger partial charge in [-0.3, -0.25) is 0 Å². The van der Waals surface area contributed by atoms with Crippen molar-refractivity contribution in [3.63, 3.8) is 0 Å². The zero-order valence-electron chi connectivity index (χ0n) is 11.2. The van der Waals surface area contributed by atoms with E-state index in [2.05, 4.69) is 25.2 Å². The number of nitrogens with two attached hydrogens (primary N) is 1. The zero-order chi connectivity index (χ0) is 15.4. The van der Waals surface area contributed by atoms with Crippen LogP contribution in [0, 0.1) is 0 Å². The monoisotopic (exact) mass is 304 g/mol. The molecule has 1 unspecified atom stereocenters. The molecule has 0 bridgehead atoms. The van der Waals surface area contributed by atoms with Crippen LogP contribution in [0.3, 0.4) is 0 Å². The number of anilines is 1. The second kappa shape index (κ2) is 4.61. The Morgan fingerprint density at radius 1 is 1.18 bits per heavy atom. The molecule has 4 heterocycles. The zero-order valence-corrected chi connectivity index (χ0v) is 11.2. The Kier molecular flexibility index (Phi) is 2.81. The van der Waals surface area contributed by atoms with Crippen LogP contribution in [0.5, 0.6) is 0 Å². The molecule has 2 aromatic rings. The van der Waals surface area contributed by atoms with E-state index in [0.717, 1.165) is 0 Å². The maximum absolute atomic E-state index is 10.2. The van der Waals surface area contributed by atoms with Crippen molar-refractivity contribution in [3.8, 4) is 0 Å². The van der Waals surface area contributed by atoms with Crippen LogP contribution in [-0.4, -0.2) is 72.2 Å². The number of aliphatic hydroxyl groups excluding tert-OH is 3. The van der Waals surface area contributed by atoms with Crippen LogP contribution in [0.2, 0.25) is 0 Å². The van der Waals surface area contributed by atoms with Crippen molar-refractivity contribution in [2.24, 2.45) is 4.99 Å². The molecule has 2 aromatic heterocycles. The predicted molar refractivity (Wildman–Crippen MR) is 73.5 cm³/mol. The Morgan fingerprint density at radius 3 is 2.73 bits per heavy atom. The van der Waals surface area contributed by atoms with Gasteiger partial charge in [-0.1, -0.05) is 0 Å². The molecular formula is C12H12N6O4. The minimum Gasteiger partial charge on any atom is -0.394 e. The number of ether oxygens (including phenoxy) is 1. The molecule has 5 N–H and O–H groups in total. The molecule has 2 aliphatic rings. The van der Waals surface area contributed by atoms with Crippen LogP contribution in [0.4, 0.5) is 11.6 Å². The summed E-state index contributed by atoms with van der Waals surface area (Å²) in [6, 6.07) is 0. The van der Waals surface area contributed by atoms with E-state index in [-0.39, 0.29) is 5.82 Å². The van der Waals surface area contributed by atoms with E-state index in [1.807, 2.05) is 0 Å². The summed E-state index contributed by atoms with van der Waals surface area (Å²) in [4.78, 5) is 12.4. The highest BCUT2D eigenvalue weighted by Gasteiger charge is 2.47. The first-order chi connectivity index (χ1) is 10.6. The lowest BCUT2D eigenvalue weighted by atomic mass is 9.99. The molecule has 0 amide bonds. The van der Waals surface area contributed by atoms with Gasteiger partial charge in [-0.2, -0.15) is 0 Å². The van der Waals surface area contributed by atoms with Crippen LogP contribution < -0.4 is 5.73 Å². The van der Waals surface area contributed by atoms with E-state index in [1.165, 1.54) is 6.33 Å². The average Bonchev–Trinajstić information content (AvgIpc) is 3.04. The van der Waals surface area contributed by atoms with Gasteiger partial charge in [0.15, 0.2) is 17.3 Å². The van der Waals surface area contributed by atoms with E-state index in [1.54, 1.807) is 0 Å². The Morgan fingerprint density at radius 2 is 2.00 bits per heavy atom. The van der Waals surface area contributed by atoms with Crippen LogP contribution in [0.15, 0.2) is 11.3 Å². The van der Waals surface area contributed by atoms with Crippen molar-refractivity contribution in [1.29, 1.82) is 0 Å². The summed E-state index contributed by atoms with van der Waals surface area (Å²) in [5.41, 5.74) is 6.95. The molecule has 0 radical (unpaired) electrons. The first-order valence-electron chi connectivity index (χ1n) is 6.60. The molecule has 0 aromatic carbocycles. The van der Waals surface area contributed by atoms with Gasteiger partial charge in [-0.25, -0.2) is 15.0 Å². The summed E-state index contributed by atoms with van der Waals surface area (Å²) in [5, 5.41) is 37.5. The summed E-state index contributed by atoms with van der Waals surface area (Å²) in [7, 11) is 0. The number of nitrogen functional groups attached to an aromatic ring is 1. The average molecular weight is 304 g/mol. The third-order valence-electron chi connectivity index (χ3n) is 3.86. The fourth-order valence-electron chi connectivity index (χ4n) is 2.79. The summed E-state index contributed by atoms with van der Waals surface area (Å²) in [6.45, 7) is -0.422. The molecule has 0 aliphatic carbocycles. The lowest BCUT2D eigenvalue weighted by Gasteiger charge is -2.15. The van der Waals surface area contributed by atoms with Crippen molar-refractivity contribution in [2.45, 2.75) is 24.4 Å². The number of aromatic nitrogens is 4. The summed E-state index contributed by atoms with van der Waals surface area (Å²) < 4.78 is 5.50. The van der Waals surface area contributed by atoms with Crippen molar-refractivity contribution in [2.75, 3.05) is 12.3 Å². The fourth-order valence-corrected chi connectivity index (χ4v) is 2.79. The summed E-state index contributed by atoms with van der Waals surface area (Å²) in [5.74, 6) is 0.465. The minimum atomic E-state index is -1.25. The molecule has 10 heteroatoms. The Balaban J connectivity index is 1.86. The van der Waals surface area contributed by atoms with Gasteiger partial charge in [0.25, 0.3) is 0 Å². The number of aliphatic hydroxyl groups is 3. The largest absolute Gasteiger partial charge is 0.394 e. The van der Waals surface area contributed by atoms with Crippen molar-refractivity contribution in [3.05, 3.63) is 11.9 Å². The molecule has 0 spiro atoms. The molecular weight excluding hydrogens is 292 g/mol. The van der Waals surface area contributed by atoms with Gasteiger partial charge < -0.3 is 25.8 Å². The number of hydrogen-bond acceptors (Lipinski definition) is 10. The topological polar surface area (TPSA) is 160 Å². The molecule has 4 atom stereocenters. The maximum atomic E-state index is 10.2. The molecule has 1 saturated heterocycles. The smallest absolute Gasteiger partial charge is 0.187 e. The highest BCUT2D eigenvalue weighted by atomic mass is 16.6. The van der Waals surface area contributed by atoms with Crippen molar-refractivity contribution < 1.29 is 20.1 Å². The third kappa shape index (κ3) is 1.66. The van der Waals surface area contributed by atoms with E-state index >= 15 is 0 Å². The first-order valence-corrected chi connectivity index (χ1v) is 6.60. The molecule has 2 aliphatic heterocycles. The van der Waals surface area contributed by atoms with Crippen molar-refractivity contribution in [1.82, 2.24) is 20.2 Å². The second-order valence-electron chi connectivity index (χ2n) is 5.11. The van der Waals surface area contributed by atoms with E-state index in [4.69, 9.17) is 10.5 Å². The van der Waals surface area contributed by atoms with E-state index in [9.17, 15) is 15.3 Å². The first kappa shape index (κ1) is 13.4. The standard InChI is InChI=1S/C12H12N6O4/c13-10-4-5-11(14-2-15-12(5)18-17-10)16-6(4)9-8(21)7(20)3(1-19)22-9/h2-3,7-9,19-21H,1H2,(H2,13,17)/t3-,7-,8-,9?/m1/s1. The minimum absolute atomic E-state index is 0.109. The normalized spacial score (nSPS) is 30.0.